The van der Waals surface area contributed by atoms with E-state index < -0.39 is 11.2 Å². The van der Waals surface area contributed by atoms with Crippen molar-refractivity contribution in [3.63, 3.8) is 0 Å². The maximum Gasteiger partial charge on any atom is 0.443 e. The molecule has 1 unspecified atom stereocenters. The summed E-state index contributed by atoms with van der Waals surface area (Å²) in [5, 5.41) is -0.929. The first-order chi connectivity index (χ1) is 10.9. The number of fused-ring (bicyclic) bond motifs is 1. The number of hydrogen-bond donors (Lipinski definition) is 0. The zero-order valence-corrected chi connectivity index (χ0v) is 13.2. The Bertz CT molecular complexity index is 729. The molecular formula is C15H15F3N2O2S. The molecule has 2 heterocycles. The van der Waals surface area contributed by atoms with Crippen molar-refractivity contribution < 1.29 is 22.7 Å². The summed E-state index contributed by atoms with van der Waals surface area (Å²) < 4.78 is 44.2. The van der Waals surface area contributed by atoms with Gasteiger partial charge in [0.25, 0.3) is 5.91 Å². The quantitative estimate of drug-likeness (QED) is 0.836. The highest BCUT2D eigenvalue weighted by Crippen LogP contribution is 2.36. The van der Waals surface area contributed by atoms with Gasteiger partial charge in [-0.1, -0.05) is 6.07 Å². The number of thiazole rings is 1. The molecule has 23 heavy (non-hydrogen) atoms. The van der Waals surface area contributed by atoms with E-state index in [9.17, 15) is 18.0 Å². The monoisotopic (exact) mass is 344 g/mol. The largest absolute Gasteiger partial charge is 0.443 e. The highest BCUT2D eigenvalue weighted by molar-refractivity contribution is 7.18. The Balaban J connectivity index is 1.96. The molecule has 0 aliphatic carbocycles. The molecule has 3 rings (SSSR count). The van der Waals surface area contributed by atoms with Gasteiger partial charge in [-0.25, -0.2) is 4.98 Å². The van der Waals surface area contributed by atoms with Crippen molar-refractivity contribution in [2.45, 2.75) is 25.1 Å². The smallest absolute Gasteiger partial charge is 0.380 e. The van der Waals surface area contributed by atoms with E-state index in [0.717, 1.165) is 12.8 Å². The number of alkyl halides is 3. The van der Waals surface area contributed by atoms with Gasteiger partial charge in [0.2, 0.25) is 0 Å². The Morgan fingerprint density at radius 3 is 2.91 bits per heavy atom. The predicted octanol–water partition coefficient (Wildman–Crippen LogP) is 3.57. The number of likely N-dealkylation sites (tertiary alicyclic amines) is 1. The van der Waals surface area contributed by atoms with Crippen LogP contribution in [0.15, 0.2) is 18.2 Å². The fourth-order valence-corrected chi connectivity index (χ4v) is 3.59. The molecule has 1 amide bonds. The number of carbonyl (C=O) groups excluding carboxylic acids is 1. The summed E-state index contributed by atoms with van der Waals surface area (Å²) in [6.07, 6.45) is -2.85. The number of halogens is 3. The van der Waals surface area contributed by atoms with Crippen LogP contribution in [0.3, 0.4) is 0 Å². The van der Waals surface area contributed by atoms with E-state index in [-0.39, 0.29) is 23.1 Å². The molecule has 0 spiro atoms. The van der Waals surface area contributed by atoms with E-state index in [0.29, 0.717) is 29.1 Å². The average molecular weight is 344 g/mol. The number of piperidine rings is 1. The average Bonchev–Trinajstić information content (AvgIpc) is 2.98. The number of rotatable bonds is 2. The molecule has 8 heteroatoms. The topological polar surface area (TPSA) is 42.4 Å². The minimum Gasteiger partial charge on any atom is -0.380 e. The van der Waals surface area contributed by atoms with E-state index in [1.54, 1.807) is 24.1 Å². The molecular weight excluding hydrogens is 329 g/mol. The van der Waals surface area contributed by atoms with Crippen molar-refractivity contribution in [3.8, 4) is 0 Å². The Labute approximate surface area is 134 Å². The fraction of sp³-hybridized carbons (Fsp3) is 0.467. The molecule has 1 aliphatic heterocycles. The first kappa shape index (κ1) is 16.2. The molecule has 0 radical (unpaired) electrons. The lowest BCUT2D eigenvalue weighted by Crippen LogP contribution is -2.42. The number of nitrogens with zero attached hydrogens (tertiary/aromatic N) is 2. The van der Waals surface area contributed by atoms with Gasteiger partial charge in [-0.15, -0.1) is 11.3 Å². The van der Waals surface area contributed by atoms with Gasteiger partial charge in [-0.2, -0.15) is 13.2 Å². The van der Waals surface area contributed by atoms with Crippen LogP contribution in [-0.2, 0) is 10.9 Å². The second kappa shape index (κ2) is 6.09. The summed E-state index contributed by atoms with van der Waals surface area (Å²) in [6.45, 7) is 1.02. The lowest BCUT2D eigenvalue weighted by Gasteiger charge is -2.32. The number of methoxy groups -OCH3 is 1. The minimum absolute atomic E-state index is 0.0342. The third kappa shape index (κ3) is 3.18. The summed E-state index contributed by atoms with van der Waals surface area (Å²) in [5.41, 5.74) is 0.334. The predicted molar refractivity (Wildman–Crippen MR) is 80.6 cm³/mol. The van der Waals surface area contributed by atoms with E-state index in [2.05, 4.69) is 4.98 Å². The maximum absolute atomic E-state index is 12.8. The Morgan fingerprint density at radius 1 is 1.43 bits per heavy atom. The van der Waals surface area contributed by atoms with Crippen LogP contribution in [0.5, 0.6) is 0 Å². The molecule has 1 atom stereocenters. The summed E-state index contributed by atoms with van der Waals surface area (Å²) in [6, 6.07) is 4.67. The summed E-state index contributed by atoms with van der Waals surface area (Å²) in [7, 11) is 1.59. The number of carbonyl (C=O) groups is 1. The zero-order chi connectivity index (χ0) is 16.6. The highest BCUT2D eigenvalue weighted by atomic mass is 32.1. The van der Waals surface area contributed by atoms with Crippen molar-refractivity contribution in [1.82, 2.24) is 9.88 Å². The molecule has 124 valence electrons. The summed E-state index contributed by atoms with van der Waals surface area (Å²) in [4.78, 5) is 18.0. The normalized spacial score (nSPS) is 19.3. The molecule has 0 bridgehead atoms. The standard InChI is InChI=1S/C15H15F3N2O2S/c1-22-9-4-3-7-20(8-9)13(21)10-5-2-6-11-12(10)19-14(23-11)15(16,17)18/h2,5-6,9H,3-4,7-8H2,1H3. The van der Waals surface area contributed by atoms with Crippen molar-refractivity contribution in [2.75, 3.05) is 20.2 Å². The van der Waals surface area contributed by atoms with Crippen molar-refractivity contribution >= 4 is 27.5 Å². The van der Waals surface area contributed by atoms with Crippen LogP contribution in [0, 0.1) is 0 Å². The van der Waals surface area contributed by atoms with Crippen LogP contribution in [0.25, 0.3) is 10.2 Å². The molecule has 1 fully saturated rings. The van der Waals surface area contributed by atoms with Gasteiger partial charge in [0.05, 0.1) is 21.9 Å². The van der Waals surface area contributed by atoms with E-state index in [1.807, 2.05) is 0 Å². The lowest BCUT2D eigenvalue weighted by molar-refractivity contribution is -0.137. The fourth-order valence-electron chi connectivity index (χ4n) is 2.73. The SMILES string of the molecule is COC1CCCN(C(=O)c2cccc3sc(C(F)(F)F)nc23)C1. The van der Waals surface area contributed by atoms with Crippen molar-refractivity contribution in [3.05, 3.63) is 28.8 Å². The first-order valence-corrected chi connectivity index (χ1v) is 8.00. The van der Waals surface area contributed by atoms with Crippen LogP contribution in [-0.4, -0.2) is 42.1 Å². The molecule has 0 N–H and O–H groups in total. The van der Waals surface area contributed by atoms with Crippen LogP contribution < -0.4 is 0 Å². The molecule has 1 aromatic heterocycles. The molecule has 2 aromatic rings. The Kier molecular flexibility index (Phi) is 4.29. The molecule has 4 nitrogen and oxygen atoms in total. The zero-order valence-electron chi connectivity index (χ0n) is 12.4. The van der Waals surface area contributed by atoms with Gasteiger partial charge < -0.3 is 9.64 Å². The lowest BCUT2D eigenvalue weighted by atomic mass is 10.1. The summed E-state index contributed by atoms with van der Waals surface area (Å²) >= 11 is 0.556. The molecule has 1 aliphatic rings. The Morgan fingerprint density at radius 2 is 2.22 bits per heavy atom. The molecule has 1 aromatic carbocycles. The summed E-state index contributed by atoms with van der Waals surface area (Å²) in [5.74, 6) is -0.295. The minimum atomic E-state index is -4.50. The number of aromatic nitrogens is 1. The number of amides is 1. The second-order valence-corrected chi connectivity index (χ2v) is 6.45. The highest BCUT2D eigenvalue weighted by Gasteiger charge is 2.36. The van der Waals surface area contributed by atoms with E-state index in [1.165, 1.54) is 6.07 Å². The Hall–Kier alpha value is -1.67. The van der Waals surface area contributed by atoms with Crippen LogP contribution in [0.4, 0.5) is 13.2 Å². The van der Waals surface area contributed by atoms with Gasteiger partial charge in [-0.3, -0.25) is 4.79 Å². The number of benzene rings is 1. The number of para-hydroxylation sites is 1. The maximum atomic E-state index is 12.8. The van der Waals surface area contributed by atoms with Crippen LogP contribution in [0.1, 0.15) is 28.2 Å². The first-order valence-electron chi connectivity index (χ1n) is 7.19. The third-order valence-electron chi connectivity index (χ3n) is 3.89. The van der Waals surface area contributed by atoms with Gasteiger partial charge in [-0.05, 0) is 25.0 Å². The van der Waals surface area contributed by atoms with E-state index in [4.69, 9.17) is 4.74 Å². The van der Waals surface area contributed by atoms with Gasteiger partial charge in [0.1, 0.15) is 0 Å². The van der Waals surface area contributed by atoms with Crippen molar-refractivity contribution in [2.24, 2.45) is 0 Å². The van der Waals surface area contributed by atoms with Crippen LogP contribution in [0.2, 0.25) is 0 Å². The van der Waals surface area contributed by atoms with Gasteiger partial charge in [0, 0.05) is 20.2 Å². The second-order valence-electron chi connectivity index (χ2n) is 5.42. The van der Waals surface area contributed by atoms with Gasteiger partial charge in [0.15, 0.2) is 5.01 Å². The number of hydrogen-bond acceptors (Lipinski definition) is 4. The third-order valence-corrected chi connectivity index (χ3v) is 4.96. The van der Waals surface area contributed by atoms with E-state index >= 15 is 0 Å². The van der Waals surface area contributed by atoms with Gasteiger partial charge >= 0.3 is 6.18 Å². The molecule has 1 saturated heterocycles. The number of ether oxygens (including phenoxy) is 1. The molecule has 0 saturated carbocycles. The van der Waals surface area contributed by atoms with Crippen molar-refractivity contribution in [1.29, 1.82) is 0 Å². The van der Waals surface area contributed by atoms with Crippen LogP contribution >= 0.6 is 11.3 Å².